The van der Waals surface area contributed by atoms with E-state index in [0.29, 0.717) is 11.3 Å². The summed E-state index contributed by atoms with van der Waals surface area (Å²) in [4.78, 5) is 24.1. The molecule has 0 aliphatic carbocycles. The molecule has 0 radical (unpaired) electrons. The number of aryl methyl sites for hydroxylation is 1. The highest BCUT2D eigenvalue weighted by Crippen LogP contribution is 2.34. The van der Waals surface area contributed by atoms with Crippen molar-refractivity contribution in [1.82, 2.24) is 20.4 Å². The molecule has 0 bridgehead atoms. The summed E-state index contributed by atoms with van der Waals surface area (Å²) in [6.45, 7) is 1.79. The summed E-state index contributed by atoms with van der Waals surface area (Å²) in [6.07, 6.45) is 1.71. The first kappa shape index (κ1) is 15.8. The lowest BCUT2D eigenvalue weighted by molar-refractivity contribution is -0.140. The van der Waals surface area contributed by atoms with E-state index in [1.54, 1.807) is 13.1 Å². The Balaban J connectivity index is 2.13. The minimum Gasteiger partial charge on any atom is -0.469 e. The SMILES string of the molecule is COC(=O)C[C@H](c1cn[nH]c1-c1ccccc1)c1c(C)[nH][nH]c1=O. The monoisotopic (exact) mass is 326 g/mol. The Morgan fingerprint density at radius 2 is 2.00 bits per heavy atom. The topological polar surface area (TPSA) is 104 Å². The van der Waals surface area contributed by atoms with E-state index in [2.05, 4.69) is 20.4 Å². The van der Waals surface area contributed by atoms with Gasteiger partial charge in [0.05, 0.1) is 25.4 Å². The average molecular weight is 326 g/mol. The van der Waals surface area contributed by atoms with Crippen LogP contribution in [-0.4, -0.2) is 33.5 Å². The van der Waals surface area contributed by atoms with E-state index in [4.69, 9.17) is 4.74 Å². The molecule has 3 aromatic rings. The lowest BCUT2D eigenvalue weighted by atomic mass is 9.87. The number of nitrogens with one attached hydrogen (secondary N) is 3. The van der Waals surface area contributed by atoms with Crippen molar-refractivity contribution in [2.75, 3.05) is 7.11 Å². The van der Waals surface area contributed by atoms with Gasteiger partial charge in [-0.2, -0.15) is 5.10 Å². The lowest BCUT2D eigenvalue weighted by Crippen LogP contribution is -2.17. The van der Waals surface area contributed by atoms with E-state index in [0.717, 1.165) is 16.8 Å². The molecule has 1 aromatic carbocycles. The number of methoxy groups -OCH3 is 1. The molecular weight excluding hydrogens is 308 g/mol. The number of hydrogen-bond acceptors (Lipinski definition) is 4. The predicted octanol–water partition coefficient (Wildman–Crippen LogP) is 2.10. The van der Waals surface area contributed by atoms with Crippen LogP contribution in [0.25, 0.3) is 11.3 Å². The molecule has 0 spiro atoms. The smallest absolute Gasteiger partial charge is 0.306 e. The number of nitrogens with zero attached hydrogens (tertiary/aromatic N) is 1. The number of carbonyl (C=O) groups is 1. The number of hydrogen-bond donors (Lipinski definition) is 3. The van der Waals surface area contributed by atoms with Gasteiger partial charge in [-0.3, -0.25) is 19.8 Å². The van der Waals surface area contributed by atoms with Crippen molar-refractivity contribution in [2.45, 2.75) is 19.3 Å². The molecule has 0 fully saturated rings. The quantitative estimate of drug-likeness (QED) is 0.625. The van der Waals surface area contributed by atoms with Crippen LogP contribution in [0.1, 0.15) is 29.2 Å². The summed E-state index contributed by atoms with van der Waals surface area (Å²) in [5.41, 5.74) is 3.45. The van der Waals surface area contributed by atoms with Gasteiger partial charge in [-0.1, -0.05) is 30.3 Å². The second-order valence-corrected chi connectivity index (χ2v) is 5.52. The molecule has 124 valence electrons. The van der Waals surface area contributed by atoms with Crippen LogP contribution in [0.4, 0.5) is 0 Å². The number of H-pyrrole nitrogens is 3. The number of esters is 1. The molecule has 3 rings (SSSR count). The third-order valence-electron chi connectivity index (χ3n) is 4.07. The number of rotatable bonds is 5. The molecule has 0 amide bonds. The Morgan fingerprint density at radius 3 is 2.62 bits per heavy atom. The van der Waals surface area contributed by atoms with Crippen molar-refractivity contribution < 1.29 is 9.53 Å². The molecular formula is C17H18N4O3. The van der Waals surface area contributed by atoms with Gasteiger partial charge in [0.1, 0.15) is 0 Å². The third kappa shape index (κ3) is 2.88. The Labute approximate surface area is 138 Å². The van der Waals surface area contributed by atoms with Crippen molar-refractivity contribution in [3.8, 4) is 11.3 Å². The molecule has 2 aromatic heterocycles. The van der Waals surface area contributed by atoms with Gasteiger partial charge >= 0.3 is 5.97 Å². The van der Waals surface area contributed by atoms with E-state index in [1.165, 1.54) is 7.11 Å². The van der Waals surface area contributed by atoms with Gasteiger partial charge in [-0.05, 0) is 12.5 Å². The van der Waals surface area contributed by atoms with Crippen molar-refractivity contribution in [3.63, 3.8) is 0 Å². The Hall–Kier alpha value is -3.09. The minimum absolute atomic E-state index is 0.0532. The van der Waals surface area contributed by atoms with Crippen LogP contribution in [-0.2, 0) is 9.53 Å². The van der Waals surface area contributed by atoms with Gasteiger partial charge in [0, 0.05) is 22.7 Å². The molecule has 0 aliphatic rings. The number of aromatic nitrogens is 4. The van der Waals surface area contributed by atoms with Crippen LogP contribution in [0.2, 0.25) is 0 Å². The van der Waals surface area contributed by atoms with Gasteiger partial charge < -0.3 is 9.84 Å². The van der Waals surface area contributed by atoms with E-state index >= 15 is 0 Å². The molecule has 0 unspecified atom stereocenters. The highest BCUT2D eigenvalue weighted by atomic mass is 16.5. The maximum absolute atomic E-state index is 12.2. The fourth-order valence-electron chi connectivity index (χ4n) is 2.89. The molecule has 2 heterocycles. The average Bonchev–Trinajstić information content (AvgIpc) is 3.21. The van der Waals surface area contributed by atoms with Gasteiger partial charge in [0.15, 0.2) is 0 Å². The zero-order valence-electron chi connectivity index (χ0n) is 13.4. The standard InChI is InChI=1S/C17H18N4O3/c1-10-15(17(23)21-19-10)12(8-14(22)24-2)13-9-18-20-16(13)11-6-4-3-5-7-11/h3-7,9,12H,8H2,1-2H3,(H,18,20)(H2,19,21,23)/t12-/m1/s1. The summed E-state index contributed by atoms with van der Waals surface area (Å²) in [7, 11) is 1.33. The van der Waals surface area contributed by atoms with Crippen molar-refractivity contribution in [2.24, 2.45) is 0 Å². The Morgan fingerprint density at radius 1 is 1.25 bits per heavy atom. The molecule has 24 heavy (non-hydrogen) atoms. The first-order valence-electron chi connectivity index (χ1n) is 7.54. The maximum atomic E-state index is 12.2. The predicted molar refractivity (Wildman–Crippen MR) is 88.7 cm³/mol. The molecule has 7 nitrogen and oxygen atoms in total. The number of ether oxygens (including phenoxy) is 1. The second-order valence-electron chi connectivity index (χ2n) is 5.52. The van der Waals surface area contributed by atoms with Crippen LogP contribution in [0.3, 0.4) is 0 Å². The zero-order valence-corrected chi connectivity index (χ0v) is 13.4. The van der Waals surface area contributed by atoms with Crippen LogP contribution >= 0.6 is 0 Å². The molecule has 0 aliphatic heterocycles. The Bertz CT molecular complexity index is 892. The first-order chi connectivity index (χ1) is 11.6. The van der Waals surface area contributed by atoms with E-state index in [-0.39, 0.29) is 17.9 Å². The largest absolute Gasteiger partial charge is 0.469 e. The van der Waals surface area contributed by atoms with Gasteiger partial charge in [-0.25, -0.2) is 0 Å². The summed E-state index contributed by atoms with van der Waals surface area (Å²) < 4.78 is 4.81. The minimum atomic E-state index is -0.457. The van der Waals surface area contributed by atoms with E-state index in [9.17, 15) is 9.59 Å². The number of benzene rings is 1. The molecule has 3 N–H and O–H groups in total. The summed E-state index contributed by atoms with van der Waals surface area (Å²) in [6, 6.07) is 9.65. The fraction of sp³-hybridized carbons (Fsp3) is 0.235. The van der Waals surface area contributed by atoms with Crippen LogP contribution in [0.5, 0.6) is 0 Å². The highest BCUT2D eigenvalue weighted by Gasteiger charge is 2.28. The summed E-state index contributed by atoms with van der Waals surface area (Å²) >= 11 is 0. The first-order valence-corrected chi connectivity index (χ1v) is 7.54. The Kier molecular flexibility index (Phi) is 4.33. The third-order valence-corrected chi connectivity index (χ3v) is 4.07. The zero-order chi connectivity index (χ0) is 17.1. The lowest BCUT2D eigenvalue weighted by Gasteiger charge is -2.15. The highest BCUT2D eigenvalue weighted by molar-refractivity contribution is 5.73. The van der Waals surface area contributed by atoms with Crippen LogP contribution in [0, 0.1) is 6.92 Å². The molecule has 0 saturated carbocycles. The summed E-state index contributed by atoms with van der Waals surface area (Å²) in [5.74, 6) is -0.846. The fourth-order valence-corrected chi connectivity index (χ4v) is 2.89. The summed E-state index contributed by atoms with van der Waals surface area (Å²) in [5, 5.41) is 12.5. The van der Waals surface area contributed by atoms with Crippen LogP contribution in [0.15, 0.2) is 41.3 Å². The van der Waals surface area contributed by atoms with Crippen molar-refractivity contribution >= 4 is 5.97 Å². The normalized spacial score (nSPS) is 12.1. The van der Waals surface area contributed by atoms with Crippen LogP contribution < -0.4 is 5.56 Å². The van der Waals surface area contributed by atoms with Gasteiger partial charge in [0.2, 0.25) is 0 Å². The van der Waals surface area contributed by atoms with Crippen molar-refractivity contribution in [3.05, 3.63) is 63.7 Å². The molecule has 7 heteroatoms. The van der Waals surface area contributed by atoms with E-state index in [1.807, 2.05) is 30.3 Å². The van der Waals surface area contributed by atoms with E-state index < -0.39 is 5.92 Å². The number of aromatic amines is 3. The molecule has 0 saturated heterocycles. The maximum Gasteiger partial charge on any atom is 0.306 e. The van der Waals surface area contributed by atoms with Gasteiger partial charge in [-0.15, -0.1) is 0 Å². The number of carbonyl (C=O) groups excluding carboxylic acids is 1. The van der Waals surface area contributed by atoms with Gasteiger partial charge in [0.25, 0.3) is 5.56 Å². The molecule has 1 atom stereocenters. The van der Waals surface area contributed by atoms with Crippen molar-refractivity contribution in [1.29, 1.82) is 0 Å². The second kappa shape index (κ2) is 6.57.